The summed E-state index contributed by atoms with van der Waals surface area (Å²) in [5, 5.41) is 17.4. The van der Waals surface area contributed by atoms with Gasteiger partial charge < -0.3 is 13.6 Å². The van der Waals surface area contributed by atoms with Gasteiger partial charge in [-0.1, -0.05) is 309 Å². The van der Waals surface area contributed by atoms with Crippen LogP contribution in [0.3, 0.4) is 0 Å². The first-order valence-corrected chi connectivity index (χ1v) is 48.3. The van der Waals surface area contributed by atoms with Crippen LogP contribution in [-0.4, -0.2) is 33.6 Å². The molecule has 130 heavy (non-hydrogen) atoms. The lowest BCUT2D eigenvalue weighted by molar-refractivity contribution is 0.669. The molecule has 0 saturated heterocycles. The van der Waals surface area contributed by atoms with Gasteiger partial charge in [0.05, 0.1) is 89.8 Å². The lowest BCUT2D eigenvalue weighted by atomic mass is 9.89. The molecule has 0 unspecified atom stereocenters. The summed E-state index contributed by atoms with van der Waals surface area (Å²) in [6.07, 6.45) is 0. The van der Waals surface area contributed by atoms with Gasteiger partial charge in [-0.15, -0.1) is 68.0 Å². The van der Waals surface area contributed by atoms with Crippen LogP contribution in [0.15, 0.2) is 411 Å². The van der Waals surface area contributed by atoms with Crippen molar-refractivity contribution in [2.24, 2.45) is 0 Å². The minimum Gasteiger partial charge on any atom is -0.456 e. The summed E-state index contributed by atoms with van der Waals surface area (Å²) in [6, 6.07) is 145. The molecule has 8 nitrogen and oxygen atoms in total. The average molecular weight is 1770 g/mol. The van der Waals surface area contributed by atoms with E-state index in [1.807, 2.05) is 92.3 Å². The van der Waals surface area contributed by atoms with Gasteiger partial charge in [0.2, 0.25) is 5.95 Å². The second kappa shape index (κ2) is 30.2. The Hall–Kier alpha value is -15.4. The number of thiophene rings is 6. The van der Waals surface area contributed by atoms with Crippen LogP contribution in [0.2, 0.25) is 0 Å². The van der Waals surface area contributed by atoms with Gasteiger partial charge in [0, 0.05) is 116 Å². The fourth-order valence-electron chi connectivity index (χ4n) is 19.6. The molecule has 0 fully saturated rings. The summed E-state index contributed by atoms with van der Waals surface area (Å²) in [5.74, 6) is 1.42. The number of benzene rings is 17. The average Bonchev–Trinajstić information content (AvgIpc) is 1.48. The summed E-state index contributed by atoms with van der Waals surface area (Å²) in [5.41, 5.74) is 23.2. The Labute approximate surface area is 766 Å². The number of furan rings is 1. The predicted molar refractivity (Wildman–Crippen MR) is 558 cm³/mol. The molecule has 14 heteroatoms. The van der Waals surface area contributed by atoms with Gasteiger partial charge in [-0.25, -0.2) is 19.9 Å². The van der Waals surface area contributed by atoms with Gasteiger partial charge >= 0.3 is 0 Å². The Kier molecular flexibility index (Phi) is 17.4. The highest BCUT2D eigenvalue weighted by molar-refractivity contribution is 7.35. The molecule has 0 radical (unpaired) electrons. The van der Waals surface area contributed by atoms with Gasteiger partial charge in [0.25, 0.3) is 0 Å². The van der Waals surface area contributed by atoms with Crippen molar-refractivity contribution in [1.82, 2.24) is 33.6 Å². The number of fused-ring (bicyclic) bond motifs is 27. The van der Waals surface area contributed by atoms with Gasteiger partial charge in [-0.05, 0) is 130 Å². The minimum atomic E-state index is 0.701. The molecule has 608 valence electrons. The van der Waals surface area contributed by atoms with E-state index in [0.717, 1.165) is 84.0 Å². The number of hydrogen-bond acceptors (Lipinski definition) is 11. The lowest BCUT2D eigenvalue weighted by Crippen LogP contribution is -2.03. The normalized spacial score (nSPS) is 12.0. The van der Waals surface area contributed by atoms with Crippen LogP contribution in [0.25, 0.3) is 261 Å². The SMILES string of the molecule is c1ccc(-c2cc(-c3ccccc3)nc(-c3ccc(-n4c5c6ccccc6sc5c5sc6ccccc6c54)cc3)n2)cc1.c1ccc(-c2cc(-c3ccccc3)nc(-n3c4c5ccccc5sc4c4sc5ccccc5c43)n2)cc1.c1ccc2cc3c(cc2c1)oc1ccc(-c2c4ccccc4c(-n4c5c6ccccc6sc5c5sc6ccccc6c54)c4ccccc24)cc13. The molecule has 0 aliphatic carbocycles. The van der Waals surface area contributed by atoms with Gasteiger partial charge in [0.15, 0.2) is 5.82 Å². The van der Waals surface area contributed by atoms with Crippen LogP contribution in [0.1, 0.15) is 0 Å². The quantitative estimate of drug-likeness (QED) is 0.135. The third-order valence-electron chi connectivity index (χ3n) is 25.4. The fraction of sp³-hybridized carbons (Fsp3) is 0. The van der Waals surface area contributed by atoms with Crippen LogP contribution in [0.5, 0.6) is 0 Å². The third kappa shape index (κ3) is 12.0. The topological polar surface area (TPSA) is 79.5 Å². The maximum Gasteiger partial charge on any atom is 0.235 e. The van der Waals surface area contributed by atoms with Crippen LogP contribution < -0.4 is 0 Å². The first-order valence-electron chi connectivity index (χ1n) is 43.4. The highest BCUT2D eigenvalue weighted by Gasteiger charge is 2.30. The van der Waals surface area contributed by atoms with E-state index < -0.39 is 0 Å². The maximum absolute atomic E-state index is 6.43. The van der Waals surface area contributed by atoms with Crippen molar-refractivity contribution in [3.8, 4) is 84.9 Å². The van der Waals surface area contributed by atoms with E-state index in [2.05, 4.69) is 396 Å². The highest BCUT2D eigenvalue weighted by Crippen LogP contribution is 2.55. The zero-order chi connectivity index (χ0) is 85.2. The van der Waals surface area contributed by atoms with Crippen molar-refractivity contribution in [2.45, 2.75) is 0 Å². The maximum atomic E-state index is 6.43. The Morgan fingerprint density at radius 3 is 0.885 bits per heavy atom. The summed E-state index contributed by atoms with van der Waals surface area (Å²) in [4.78, 5) is 20.5. The second-order valence-electron chi connectivity index (χ2n) is 32.9. The molecule has 0 saturated carbocycles. The molecule has 0 aliphatic heterocycles. The Bertz CT molecular complexity index is 9210. The molecule has 17 aromatic carbocycles. The van der Waals surface area contributed by atoms with E-state index in [4.69, 9.17) is 24.4 Å². The molecule has 0 atom stereocenters. The van der Waals surface area contributed by atoms with Gasteiger partial charge in [-0.2, -0.15) is 0 Å². The molecule has 29 rings (SSSR count). The zero-order valence-electron chi connectivity index (χ0n) is 69.2. The van der Waals surface area contributed by atoms with Crippen molar-refractivity contribution < 1.29 is 4.42 Å². The first-order chi connectivity index (χ1) is 64.5. The van der Waals surface area contributed by atoms with E-state index >= 15 is 0 Å². The molecule has 0 spiro atoms. The van der Waals surface area contributed by atoms with E-state index in [1.165, 1.54) is 171 Å². The van der Waals surface area contributed by atoms with Crippen LogP contribution >= 0.6 is 68.0 Å². The summed E-state index contributed by atoms with van der Waals surface area (Å²) < 4.78 is 29.7. The van der Waals surface area contributed by atoms with Crippen molar-refractivity contribution in [1.29, 1.82) is 0 Å². The first kappa shape index (κ1) is 74.8. The molecule has 12 heterocycles. The Morgan fingerprint density at radius 1 is 0.200 bits per heavy atom. The number of rotatable bonds is 9. The molecule has 0 amide bonds. The largest absolute Gasteiger partial charge is 0.456 e. The summed E-state index contributed by atoms with van der Waals surface area (Å²) in [6.45, 7) is 0. The monoisotopic (exact) mass is 1770 g/mol. The van der Waals surface area contributed by atoms with Crippen LogP contribution in [0, 0.1) is 0 Å². The molecule has 12 aromatic heterocycles. The van der Waals surface area contributed by atoms with Crippen molar-refractivity contribution >= 4 is 244 Å². The summed E-state index contributed by atoms with van der Waals surface area (Å²) >= 11 is 11.3. The number of nitrogens with zero attached hydrogens (tertiary/aromatic N) is 7. The second-order valence-corrected chi connectivity index (χ2v) is 39.2. The standard InChI is InChI=1S/C46H25NOS2.C38H23N3S2.C32H19N3S2/c1-2-12-27-25-38-36(23-26(27)11-1)35-24-28(21-22-37(35)48-38)41-29-13-3-5-15-31(29)42(32-16-6-4-14-30(32)41)47-43-33-17-7-9-19-39(33)49-45(43)46-44(47)34-18-8-10-20-40(34)50-46;1-3-11-24(12-4-1)30-23-31(25-13-5-2-6-14-25)40-38(39-30)26-19-21-27(22-20-26)41-34-28-15-7-9-17-32(28)42-36(34)37-35(41)29-16-8-10-18-33(29)43-37;1-3-11-20(12-4-1)24-19-25(21-13-5-2-6-14-21)34-32(33-24)35-28-22-15-7-9-17-26(22)36-30(28)31-29(35)23-16-8-10-18-27(23)37-31/h1-25H;1-23H;1-19H. The van der Waals surface area contributed by atoms with E-state index in [0.29, 0.717) is 5.95 Å². The number of hydrogen-bond donors (Lipinski definition) is 0. The Balaban J connectivity index is 0.000000102. The molecule has 0 N–H and O–H groups in total. The smallest absolute Gasteiger partial charge is 0.235 e. The molecular formula is C116H67N7OS6. The Morgan fingerprint density at radius 2 is 0.500 bits per heavy atom. The summed E-state index contributed by atoms with van der Waals surface area (Å²) in [7, 11) is 0. The van der Waals surface area contributed by atoms with Gasteiger partial charge in [-0.3, -0.25) is 4.57 Å². The van der Waals surface area contributed by atoms with Crippen molar-refractivity contribution in [2.75, 3.05) is 0 Å². The van der Waals surface area contributed by atoms with Crippen LogP contribution in [-0.2, 0) is 0 Å². The number of aromatic nitrogens is 7. The minimum absolute atomic E-state index is 0.701. The van der Waals surface area contributed by atoms with E-state index in [1.54, 1.807) is 0 Å². The predicted octanol–water partition coefficient (Wildman–Crippen LogP) is 34.6. The van der Waals surface area contributed by atoms with E-state index in [9.17, 15) is 0 Å². The van der Waals surface area contributed by atoms with Crippen molar-refractivity contribution in [3.63, 3.8) is 0 Å². The molecule has 0 bridgehead atoms. The molecule has 29 aromatic rings. The van der Waals surface area contributed by atoms with Crippen molar-refractivity contribution in [3.05, 3.63) is 406 Å². The third-order valence-corrected chi connectivity index (χ3v) is 32.9. The van der Waals surface area contributed by atoms with Crippen LogP contribution in [0.4, 0.5) is 0 Å². The zero-order valence-corrected chi connectivity index (χ0v) is 74.1. The lowest BCUT2D eigenvalue weighted by Gasteiger charge is -2.19. The highest BCUT2D eigenvalue weighted by atomic mass is 32.1. The molecule has 0 aliphatic rings. The van der Waals surface area contributed by atoms with Gasteiger partial charge in [0.1, 0.15) is 11.2 Å². The fourth-order valence-corrected chi connectivity index (χ4v) is 27.2. The van der Waals surface area contributed by atoms with E-state index in [-0.39, 0.29) is 0 Å². The molecular weight excluding hydrogens is 1700 g/mol.